The first-order chi connectivity index (χ1) is 19.0. The Hall–Kier alpha value is -3.28. The van der Waals surface area contributed by atoms with Crippen LogP contribution in [-0.2, 0) is 19.1 Å². The maximum absolute atomic E-state index is 13.3. The Kier molecular flexibility index (Phi) is 15.8. The van der Waals surface area contributed by atoms with Crippen molar-refractivity contribution in [3.8, 4) is 12.3 Å². The van der Waals surface area contributed by atoms with E-state index in [0.717, 1.165) is 5.70 Å². The summed E-state index contributed by atoms with van der Waals surface area (Å²) in [4.78, 5) is 44.0. The Labute approximate surface area is 248 Å². The SMILES string of the molecule is C#CC.CCCN(C(=O)C(/C=C\CC(=O)N[C@@H](C)C1=NC2C=CC(Cl)=CC=C2N1)=C(/C)Cl)C(C)CC(=O)OCC. The van der Waals surface area contributed by atoms with Crippen molar-refractivity contribution in [3.05, 3.63) is 57.8 Å². The molecule has 40 heavy (non-hydrogen) atoms. The van der Waals surface area contributed by atoms with Crippen LogP contribution in [0.2, 0.25) is 0 Å². The number of carbonyl (C=O) groups is 3. The number of aliphatic imine (C=N–C) groups is 1. The summed E-state index contributed by atoms with van der Waals surface area (Å²) in [6, 6.07) is -0.861. The van der Waals surface area contributed by atoms with E-state index in [1.54, 1.807) is 56.9 Å². The minimum atomic E-state index is -0.362. The number of terminal acetylenes is 1. The molecule has 0 aromatic heterocycles. The van der Waals surface area contributed by atoms with E-state index in [2.05, 4.69) is 28.0 Å². The molecule has 2 rings (SSSR count). The fourth-order valence-corrected chi connectivity index (χ4v) is 4.14. The van der Waals surface area contributed by atoms with Crippen molar-refractivity contribution in [1.82, 2.24) is 15.5 Å². The van der Waals surface area contributed by atoms with Crippen LogP contribution in [0.5, 0.6) is 0 Å². The van der Waals surface area contributed by atoms with Crippen LogP contribution < -0.4 is 10.6 Å². The number of allylic oxidation sites excluding steroid dienone is 5. The van der Waals surface area contributed by atoms with E-state index >= 15 is 0 Å². The van der Waals surface area contributed by atoms with Gasteiger partial charge in [-0.15, -0.1) is 12.3 Å². The Balaban J connectivity index is 0.00000254. The number of amides is 2. The number of nitrogens with zero attached hydrogens (tertiary/aromatic N) is 2. The predicted molar refractivity (Wildman–Crippen MR) is 163 cm³/mol. The highest BCUT2D eigenvalue weighted by atomic mass is 35.5. The number of hydrogen-bond donors (Lipinski definition) is 2. The lowest BCUT2D eigenvalue weighted by molar-refractivity contribution is -0.145. The zero-order valence-electron chi connectivity index (χ0n) is 24.1. The van der Waals surface area contributed by atoms with Gasteiger partial charge in [0.05, 0.1) is 24.6 Å². The molecule has 2 amide bonds. The zero-order chi connectivity index (χ0) is 30.2. The van der Waals surface area contributed by atoms with Crippen LogP contribution in [0.4, 0.5) is 0 Å². The van der Waals surface area contributed by atoms with Crippen LogP contribution in [0, 0.1) is 12.3 Å². The molecule has 1 heterocycles. The van der Waals surface area contributed by atoms with Gasteiger partial charge in [-0.3, -0.25) is 19.4 Å². The van der Waals surface area contributed by atoms with E-state index in [-0.39, 0.29) is 60.9 Å². The number of fused-ring (bicyclic) bond motifs is 1. The van der Waals surface area contributed by atoms with E-state index in [1.807, 2.05) is 26.0 Å². The molecule has 0 spiro atoms. The molecular formula is C30H40Cl2N4O4. The number of esters is 1. The minimum absolute atomic E-state index is 0.0507. The van der Waals surface area contributed by atoms with Crippen LogP contribution in [0.3, 0.4) is 0 Å². The third kappa shape index (κ3) is 11.4. The van der Waals surface area contributed by atoms with Gasteiger partial charge in [-0.05, 0) is 59.3 Å². The first-order valence-corrected chi connectivity index (χ1v) is 14.0. The molecule has 3 atom stereocenters. The molecule has 2 N–H and O–H groups in total. The molecule has 2 aliphatic rings. The molecule has 0 radical (unpaired) electrons. The summed E-state index contributed by atoms with van der Waals surface area (Å²) in [5, 5.41) is 7.07. The summed E-state index contributed by atoms with van der Waals surface area (Å²) in [6.07, 6.45) is 16.0. The molecule has 218 valence electrons. The highest BCUT2D eigenvalue weighted by molar-refractivity contribution is 6.32. The Morgan fingerprint density at radius 3 is 2.58 bits per heavy atom. The summed E-state index contributed by atoms with van der Waals surface area (Å²) in [5.74, 6) is 2.02. The lowest BCUT2D eigenvalue weighted by Crippen LogP contribution is -2.42. The topological polar surface area (TPSA) is 100 Å². The van der Waals surface area contributed by atoms with Gasteiger partial charge < -0.3 is 20.3 Å². The molecule has 2 unspecified atom stereocenters. The average molecular weight is 592 g/mol. The number of ether oxygens (including phenoxy) is 1. The molecule has 8 nitrogen and oxygen atoms in total. The highest BCUT2D eigenvalue weighted by Crippen LogP contribution is 2.20. The van der Waals surface area contributed by atoms with Crippen molar-refractivity contribution in [2.45, 2.75) is 78.9 Å². The molecule has 0 saturated heterocycles. The normalized spacial score (nSPS) is 17.7. The number of rotatable bonds is 12. The van der Waals surface area contributed by atoms with Crippen molar-refractivity contribution in [1.29, 1.82) is 0 Å². The average Bonchev–Trinajstić information content (AvgIpc) is 3.22. The summed E-state index contributed by atoms with van der Waals surface area (Å²) >= 11 is 12.3. The number of amidine groups is 1. The van der Waals surface area contributed by atoms with Crippen molar-refractivity contribution in [3.63, 3.8) is 0 Å². The fourth-order valence-electron chi connectivity index (χ4n) is 3.86. The first-order valence-electron chi connectivity index (χ1n) is 13.2. The van der Waals surface area contributed by atoms with Crippen LogP contribution in [-0.4, -0.2) is 59.8 Å². The number of nitrogens with one attached hydrogen (secondary N) is 2. The predicted octanol–water partition coefficient (Wildman–Crippen LogP) is 5.12. The van der Waals surface area contributed by atoms with E-state index < -0.39 is 0 Å². The van der Waals surface area contributed by atoms with Gasteiger partial charge in [0, 0.05) is 34.8 Å². The fraction of sp³-hybridized carbons (Fsp3) is 0.467. The Morgan fingerprint density at radius 1 is 1.30 bits per heavy atom. The van der Waals surface area contributed by atoms with Gasteiger partial charge in [-0.2, -0.15) is 0 Å². The van der Waals surface area contributed by atoms with E-state index in [4.69, 9.17) is 27.9 Å². The summed E-state index contributed by atoms with van der Waals surface area (Å²) in [7, 11) is 0. The minimum Gasteiger partial charge on any atom is -0.466 e. The molecule has 0 fully saturated rings. The van der Waals surface area contributed by atoms with Gasteiger partial charge in [0.15, 0.2) is 0 Å². The lowest BCUT2D eigenvalue weighted by atomic mass is 10.1. The number of halogens is 2. The quantitative estimate of drug-likeness (QED) is 0.142. The van der Waals surface area contributed by atoms with E-state index in [9.17, 15) is 14.4 Å². The Morgan fingerprint density at radius 2 is 1.98 bits per heavy atom. The molecular weight excluding hydrogens is 551 g/mol. The van der Waals surface area contributed by atoms with E-state index in [0.29, 0.717) is 28.9 Å². The van der Waals surface area contributed by atoms with Crippen LogP contribution in [0.15, 0.2) is 62.8 Å². The van der Waals surface area contributed by atoms with Gasteiger partial charge in [-0.1, -0.05) is 48.4 Å². The molecule has 0 aromatic rings. The van der Waals surface area contributed by atoms with Gasteiger partial charge in [-0.25, -0.2) is 0 Å². The van der Waals surface area contributed by atoms with Crippen molar-refractivity contribution >= 4 is 46.8 Å². The first kappa shape index (κ1) is 34.7. The zero-order valence-corrected chi connectivity index (χ0v) is 25.6. The molecule has 0 aromatic carbocycles. The van der Waals surface area contributed by atoms with Crippen molar-refractivity contribution < 1.29 is 19.1 Å². The smallest absolute Gasteiger partial charge is 0.307 e. The summed E-state index contributed by atoms with van der Waals surface area (Å²) in [5.41, 5.74) is 1.17. The van der Waals surface area contributed by atoms with Crippen LogP contribution in [0.25, 0.3) is 0 Å². The molecule has 10 heteroatoms. The largest absolute Gasteiger partial charge is 0.466 e. The number of carbonyl (C=O) groups excluding carboxylic acids is 3. The highest BCUT2D eigenvalue weighted by Gasteiger charge is 2.26. The third-order valence-electron chi connectivity index (χ3n) is 5.73. The van der Waals surface area contributed by atoms with E-state index in [1.165, 1.54) is 0 Å². The number of hydrogen-bond acceptors (Lipinski definition) is 6. The van der Waals surface area contributed by atoms with Gasteiger partial charge in [0.25, 0.3) is 5.91 Å². The Bertz CT molecular complexity index is 1140. The summed E-state index contributed by atoms with van der Waals surface area (Å²) in [6.45, 7) is 11.4. The van der Waals surface area contributed by atoms with Gasteiger partial charge in [0.1, 0.15) is 11.9 Å². The second kappa shape index (κ2) is 18.1. The third-order valence-corrected chi connectivity index (χ3v) is 6.19. The van der Waals surface area contributed by atoms with Crippen molar-refractivity contribution in [2.24, 2.45) is 4.99 Å². The monoisotopic (exact) mass is 590 g/mol. The second-order valence-corrected chi connectivity index (χ2v) is 10.1. The molecule has 1 aliphatic carbocycles. The molecule has 0 bridgehead atoms. The second-order valence-electron chi connectivity index (χ2n) is 9.11. The van der Waals surface area contributed by atoms with Gasteiger partial charge >= 0.3 is 5.97 Å². The van der Waals surface area contributed by atoms with Gasteiger partial charge in [0.2, 0.25) is 5.91 Å². The lowest BCUT2D eigenvalue weighted by Gasteiger charge is -2.29. The maximum atomic E-state index is 13.3. The van der Waals surface area contributed by atoms with Crippen LogP contribution >= 0.6 is 23.2 Å². The maximum Gasteiger partial charge on any atom is 0.307 e. The molecule has 1 aliphatic heterocycles. The molecule has 0 saturated carbocycles. The van der Waals surface area contributed by atoms with Crippen LogP contribution in [0.1, 0.15) is 60.8 Å². The van der Waals surface area contributed by atoms with Crippen molar-refractivity contribution in [2.75, 3.05) is 13.2 Å². The standard InChI is InChI=1S/C27H36Cl2N4O4.C3H4/c1-6-15-33(17(3)16-25(35)37-7-2)27(36)21(18(4)28)9-8-10-24(34)30-19(5)26-31-22-13-11-20(29)12-14-23(22)32-26;1-3-2/h8-9,11-14,17,19,22H,6-7,10,15-16H2,1-5H3,(H,30,34)(H,31,32);1H,2H3/b9-8-,21-18-;/t17?,19-,22?;/m0./s1. The summed E-state index contributed by atoms with van der Waals surface area (Å²) < 4.78 is 5.03.